The van der Waals surface area contributed by atoms with Crippen LogP contribution in [0.25, 0.3) is 0 Å². The Bertz CT molecular complexity index is 588. The Morgan fingerprint density at radius 3 is 1.68 bits per heavy atom. The van der Waals surface area contributed by atoms with E-state index in [0.29, 0.717) is 13.1 Å². The number of fused-ring (bicyclic) bond motifs is 3. The summed E-state index contributed by atoms with van der Waals surface area (Å²) in [6.45, 7) is 3.08. The molecule has 2 aromatic rings. The van der Waals surface area contributed by atoms with E-state index < -0.39 is 0 Å². The number of piperazine rings is 3. The van der Waals surface area contributed by atoms with Gasteiger partial charge in [-0.25, -0.2) is 0 Å². The fourth-order valence-electron chi connectivity index (χ4n) is 4.46. The summed E-state index contributed by atoms with van der Waals surface area (Å²) >= 11 is 0. The molecule has 0 unspecified atom stereocenters. The van der Waals surface area contributed by atoms with E-state index in [1.165, 1.54) is 5.56 Å². The highest BCUT2D eigenvalue weighted by Gasteiger charge is 2.63. The van der Waals surface area contributed by atoms with Crippen LogP contribution in [0.3, 0.4) is 0 Å². The van der Waals surface area contributed by atoms with Gasteiger partial charge in [0, 0.05) is 11.1 Å². The Morgan fingerprint density at radius 2 is 1.18 bits per heavy atom. The van der Waals surface area contributed by atoms with Gasteiger partial charge in [0.05, 0.1) is 7.05 Å². The third-order valence-corrected chi connectivity index (χ3v) is 5.72. The molecule has 114 valence electrons. The highest BCUT2D eigenvalue weighted by molar-refractivity contribution is 5.26. The number of quaternary nitrogens is 2. The van der Waals surface area contributed by atoms with Gasteiger partial charge < -0.3 is 4.48 Å². The first kappa shape index (κ1) is 13.9. The Labute approximate surface area is 131 Å². The molecule has 0 N–H and O–H groups in total. The molecular formula is C19H23FN2+2. The predicted octanol–water partition coefficient (Wildman–Crippen LogP) is 3.64. The van der Waals surface area contributed by atoms with Crippen molar-refractivity contribution in [2.75, 3.05) is 33.2 Å². The van der Waals surface area contributed by atoms with Crippen molar-refractivity contribution in [2.45, 2.75) is 12.1 Å². The van der Waals surface area contributed by atoms with Gasteiger partial charge in [-0.2, -0.15) is 0 Å². The Morgan fingerprint density at radius 1 is 0.727 bits per heavy atom. The summed E-state index contributed by atoms with van der Waals surface area (Å²) in [5.41, 5.74) is 2.39. The average molecular weight is 298 g/mol. The van der Waals surface area contributed by atoms with E-state index in [2.05, 4.69) is 43.4 Å². The van der Waals surface area contributed by atoms with Gasteiger partial charge >= 0.3 is 0 Å². The molecule has 2 bridgehead atoms. The highest BCUT2D eigenvalue weighted by Crippen LogP contribution is 2.52. The second kappa shape index (κ2) is 4.90. The molecule has 0 saturated carbocycles. The summed E-state index contributed by atoms with van der Waals surface area (Å²) in [6, 6.07) is 20.9. The summed E-state index contributed by atoms with van der Waals surface area (Å²) in [6.07, 6.45) is 0. The molecule has 22 heavy (non-hydrogen) atoms. The molecule has 3 heteroatoms. The maximum Gasteiger partial charge on any atom is 0.207 e. The van der Waals surface area contributed by atoms with Gasteiger partial charge in [-0.3, -0.25) is 0 Å². The molecule has 2 aromatic carbocycles. The third-order valence-electron chi connectivity index (χ3n) is 5.72. The molecule has 0 spiro atoms. The number of likely N-dealkylation sites (N-methyl/N-ethyl adjacent to an activating group) is 1. The van der Waals surface area contributed by atoms with Crippen LogP contribution in [0.4, 0.5) is 4.48 Å². The van der Waals surface area contributed by atoms with E-state index in [4.69, 9.17) is 0 Å². The van der Waals surface area contributed by atoms with Crippen LogP contribution in [-0.2, 0) is 0 Å². The zero-order valence-electron chi connectivity index (χ0n) is 13.0. The van der Waals surface area contributed by atoms with Crippen LogP contribution >= 0.6 is 0 Å². The molecule has 0 amide bonds. The molecule has 3 aliphatic heterocycles. The number of rotatable bonds is 2. The lowest BCUT2D eigenvalue weighted by atomic mass is 9.84. The number of hydrogen-bond acceptors (Lipinski definition) is 0. The van der Waals surface area contributed by atoms with Crippen molar-refractivity contribution in [3.05, 3.63) is 71.8 Å². The second-order valence-corrected chi connectivity index (χ2v) is 7.01. The zero-order chi connectivity index (χ0) is 15.2. The molecule has 3 fully saturated rings. The lowest BCUT2D eigenvalue weighted by Gasteiger charge is -2.56. The standard InChI is InChI=1S/C19H23FN2/c1-21-12-14-22(20,15-13-21)19(17-10-6-3-7-11-17)18(21)16-8-4-2-5-9-16/h2-11,18-19H,12-15H2,1H3/q+2/t18-,19-,21?,22?/m0/s1. The Kier molecular flexibility index (Phi) is 3.10. The summed E-state index contributed by atoms with van der Waals surface area (Å²) in [5.74, 6) is 0. The minimum absolute atomic E-state index is 0.101. The van der Waals surface area contributed by atoms with Crippen LogP contribution in [0.5, 0.6) is 0 Å². The van der Waals surface area contributed by atoms with Crippen molar-refractivity contribution in [3.63, 3.8) is 0 Å². The number of halogens is 1. The van der Waals surface area contributed by atoms with Crippen LogP contribution in [0, 0.1) is 0 Å². The SMILES string of the molecule is C[N+]12CC[N+](F)(CC1)[C@@H](c1ccccc1)[C@@H]2c1ccccc1. The van der Waals surface area contributed by atoms with E-state index in [0.717, 1.165) is 23.1 Å². The van der Waals surface area contributed by atoms with Crippen LogP contribution in [-0.4, -0.2) is 42.4 Å². The monoisotopic (exact) mass is 298 g/mol. The number of benzene rings is 2. The van der Waals surface area contributed by atoms with E-state index in [9.17, 15) is 0 Å². The normalized spacial score (nSPS) is 37.2. The lowest BCUT2D eigenvalue weighted by Crippen LogP contribution is -2.72. The molecule has 3 aliphatic rings. The van der Waals surface area contributed by atoms with Gasteiger partial charge in [0.2, 0.25) is 6.04 Å². The van der Waals surface area contributed by atoms with Crippen molar-refractivity contribution in [3.8, 4) is 0 Å². The van der Waals surface area contributed by atoms with Crippen molar-refractivity contribution in [2.24, 2.45) is 0 Å². The highest BCUT2D eigenvalue weighted by atomic mass is 19.2. The number of hydrogen-bond donors (Lipinski definition) is 0. The summed E-state index contributed by atoms with van der Waals surface area (Å²) < 4.78 is 16.4. The van der Waals surface area contributed by atoms with Gasteiger partial charge in [-0.15, -0.1) is 4.71 Å². The molecule has 0 aromatic heterocycles. The molecule has 5 rings (SSSR count). The maximum absolute atomic E-state index is 15.7. The van der Waals surface area contributed by atoms with Crippen LogP contribution in [0.15, 0.2) is 60.7 Å². The van der Waals surface area contributed by atoms with Crippen LogP contribution in [0.1, 0.15) is 23.2 Å². The van der Waals surface area contributed by atoms with Gasteiger partial charge in [-0.05, 0) is 4.48 Å². The third kappa shape index (κ3) is 2.00. The predicted molar refractivity (Wildman–Crippen MR) is 85.4 cm³/mol. The zero-order valence-corrected chi connectivity index (χ0v) is 13.0. The minimum Gasteiger partial charge on any atom is -0.305 e. The van der Waals surface area contributed by atoms with Crippen molar-refractivity contribution < 1.29 is 13.7 Å². The van der Waals surface area contributed by atoms with E-state index in [1.807, 2.05) is 24.3 Å². The summed E-state index contributed by atoms with van der Waals surface area (Å²) in [5, 5.41) is 0. The second-order valence-electron chi connectivity index (χ2n) is 7.01. The minimum atomic E-state index is -0.308. The van der Waals surface area contributed by atoms with Gasteiger partial charge in [-0.1, -0.05) is 60.7 Å². The fraction of sp³-hybridized carbons (Fsp3) is 0.368. The molecule has 2 atom stereocenters. The summed E-state index contributed by atoms with van der Waals surface area (Å²) in [4.78, 5) is 0. The fourth-order valence-corrected chi connectivity index (χ4v) is 4.46. The van der Waals surface area contributed by atoms with Gasteiger partial charge in [0.1, 0.15) is 13.1 Å². The van der Waals surface area contributed by atoms with Crippen LogP contribution in [0.2, 0.25) is 0 Å². The van der Waals surface area contributed by atoms with Crippen molar-refractivity contribution in [1.29, 1.82) is 0 Å². The van der Waals surface area contributed by atoms with Gasteiger partial charge in [0.15, 0.2) is 19.1 Å². The summed E-state index contributed by atoms with van der Waals surface area (Å²) in [7, 11) is 2.30. The largest absolute Gasteiger partial charge is 0.305 e. The first-order valence-electron chi connectivity index (χ1n) is 8.13. The molecule has 0 aliphatic carbocycles. The molecule has 2 nitrogen and oxygen atoms in total. The smallest absolute Gasteiger partial charge is 0.207 e. The van der Waals surface area contributed by atoms with E-state index in [1.54, 1.807) is 0 Å². The van der Waals surface area contributed by atoms with Crippen molar-refractivity contribution >= 4 is 0 Å². The topological polar surface area (TPSA) is 0 Å². The molecule has 3 saturated heterocycles. The first-order valence-corrected chi connectivity index (χ1v) is 8.13. The first-order chi connectivity index (χ1) is 10.6. The van der Waals surface area contributed by atoms with E-state index >= 15 is 4.48 Å². The molecule has 3 heterocycles. The Hall–Kier alpha value is -1.71. The number of nitrogens with zero attached hydrogens (tertiary/aromatic N) is 2. The average Bonchev–Trinajstić information content (AvgIpc) is 2.57. The lowest BCUT2D eigenvalue weighted by molar-refractivity contribution is -1.18. The maximum atomic E-state index is 15.7. The molecular weight excluding hydrogens is 275 g/mol. The van der Waals surface area contributed by atoms with Crippen molar-refractivity contribution in [1.82, 2.24) is 0 Å². The molecule has 0 radical (unpaired) electrons. The van der Waals surface area contributed by atoms with Crippen LogP contribution < -0.4 is 0 Å². The Balaban J connectivity index is 1.88. The van der Waals surface area contributed by atoms with Gasteiger partial charge in [0.25, 0.3) is 0 Å². The van der Waals surface area contributed by atoms with E-state index in [-0.39, 0.29) is 16.8 Å². The quantitative estimate of drug-likeness (QED) is 0.586.